The highest BCUT2D eigenvalue weighted by Crippen LogP contribution is 2.29. The zero-order valence-electron chi connectivity index (χ0n) is 39.4. The Balaban J connectivity index is 0.000000241. The molecule has 0 unspecified atom stereocenters. The average Bonchev–Trinajstić information content (AvgIpc) is 3.88. The molecule has 0 bridgehead atoms. The lowest BCUT2D eigenvalue weighted by atomic mass is 10.1. The van der Waals surface area contributed by atoms with Gasteiger partial charge in [-0.05, 0) is 95.8 Å². The number of fused-ring (bicyclic) bond motifs is 2. The van der Waals surface area contributed by atoms with E-state index < -0.39 is 58.4 Å². The van der Waals surface area contributed by atoms with Crippen molar-refractivity contribution in [1.82, 2.24) is 37.4 Å². The quantitative estimate of drug-likeness (QED) is 0.0930. The standard InChI is InChI=1S/C25H23ClF4N4O3.C24H21ClF4N4O4.CH4/c1-3-4-11-33-23(35)21-22(32(2)24(33)36)31-20(34(21)14-15-5-7-17(26)8-6-15)13-16-12-18(9-10-19(16)27)37-25(28,29)30;1-31-21-20(22(35)32(23(31)36)9-2-10-34)33(13-14-3-5-16(25)6-4-14)19(30-21)12-15-11-17(7-8-18(15)26)37-24(27,28)29;/h5-10,12H,3-4,11,13-14H2,1-2H3;3-8,11,34H,2,9-10,12-13H2,1H3;1H4. The first-order chi connectivity index (χ1) is 35.0. The monoisotopic (exact) mass is 1090 g/mol. The molecule has 0 aliphatic carbocycles. The van der Waals surface area contributed by atoms with E-state index in [4.69, 9.17) is 23.2 Å². The second-order valence-corrected chi connectivity index (χ2v) is 17.7. The van der Waals surface area contributed by atoms with E-state index in [1.54, 1.807) is 53.1 Å². The smallest absolute Gasteiger partial charge is 0.406 e. The summed E-state index contributed by atoms with van der Waals surface area (Å²) in [4.78, 5) is 61.4. The molecule has 0 radical (unpaired) electrons. The Kier molecular flexibility index (Phi) is 17.9. The Morgan fingerprint density at radius 3 is 1.29 bits per heavy atom. The number of rotatable bonds is 16. The van der Waals surface area contributed by atoms with E-state index in [2.05, 4.69) is 19.4 Å². The summed E-state index contributed by atoms with van der Waals surface area (Å²) in [6.07, 6.45) is -8.93. The Morgan fingerprint density at radius 1 is 0.573 bits per heavy atom. The maximum absolute atomic E-state index is 14.7. The number of aliphatic hydroxyl groups is 1. The Labute approximate surface area is 431 Å². The molecular formula is C50H48Cl2F8N8O7. The first-order valence-electron chi connectivity index (χ1n) is 22.5. The molecule has 4 aromatic heterocycles. The molecule has 400 valence electrons. The number of nitrogens with zero attached hydrogens (tertiary/aromatic N) is 8. The van der Waals surface area contributed by atoms with Crippen molar-refractivity contribution in [2.24, 2.45) is 14.1 Å². The summed E-state index contributed by atoms with van der Waals surface area (Å²) < 4.78 is 121. The minimum absolute atomic E-state index is 0. The molecular weight excluding hydrogens is 1050 g/mol. The summed E-state index contributed by atoms with van der Waals surface area (Å²) in [6.45, 7) is 2.08. The minimum Gasteiger partial charge on any atom is -0.406 e. The molecule has 0 aliphatic rings. The largest absolute Gasteiger partial charge is 0.573 e. The molecule has 15 nitrogen and oxygen atoms in total. The Hall–Kier alpha value is -7.24. The average molecular weight is 1100 g/mol. The van der Waals surface area contributed by atoms with Crippen LogP contribution >= 0.6 is 23.2 Å². The normalized spacial score (nSPS) is 11.7. The van der Waals surface area contributed by atoms with Crippen molar-refractivity contribution in [2.45, 2.75) is 85.4 Å². The van der Waals surface area contributed by atoms with E-state index in [1.165, 1.54) is 23.2 Å². The molecule has 0 saturated carbocycles. The molecule has 0 saturated heterocycles. The number of ether oxygens (including phenoxy) is 2. The van der Waals surface area contributed by atoms with Crippen molar-refractivity contribution in [3.63, 3.8) is 0 Å². The number of alkyl halides is 6. The molecule has 25 heteroatoms. The third kappa shape index (κ3) is 13.4. The van der Waals surface area contributed by atoms with E-state index in [-0.39, 0.29) is 105 Å². The van der Waals surface area contributed by atoms with Gasteiger partial charge in [-0.3, -0.25) is 27.9 Å². The first kappa shape index (κ1) is 57.0. The highest BCUT2D eigenvalue weighted by molar-refractivity contribution is 6.30. The number of benzene rings is 4. The molecule has 4 aromatic carbocycles. The van der Waals surface area contributed by atoms with Gasteiger partial charge in [-0.25, -0.2) is 28.3 Å². The Bertz CT molecular complexity index is 3350. The SMILES string of the molecule is C.CCCCn1c(=O)c2c(nc(Cc3cc(OC(F)(F)F)ccc3F)n2Cc2ccc(Cl)cc2)n(C)c1=O.Cn1c(=O)n(CCCO)c(=O)c2c1nc(Cc1cc(OC(F)(F)F)ccc1F)n2Cc1ccc(Cl)cc1. The molecule has 0 atom stereocenters. The highest BCUT2D eigenvalue weighted by Gasteiger charge is 2.33. The van der Waals surface area contributed by atoms with Crippen LogP contribution in [0.1, 0.15) is 67.5 Å². The molecule has 0 spiro atoms. The summed E-state index contributed by atoms with van der Waals surface area (Å²) in [5, 5.41) is 10.2. The van der Waals surface area contributed by atoms with Crippen molar-refractivity contribution >= 4 is 45.5 Å². The number of aliphatic hydroxyl groups excluding tert-OH is 1. The molecule has 4 heterocycles. The van der Waals surface area contributed by atoms with Gasteiger partial charge in [-0.1, -0.05) is 68.2 Å². The van der Waals surface area contributed by atoms with Gasteiger partial charge in [-0.15, -0.1) is 26.3 Å². The van der Waals surface area contributed by atoms with E-state index in [0.717, 1.165) is 62.1 Å². The fraction of sp³-hybridized carbons (Fsp3) is 0.320. The van der Waals surface area contributed by atoms with Gasteiger partial charge in [0.15, 0.2) is 22.3 Å². The van der Waals surface area contributed by atoms with Gasteiger partial charge in [0.25, 0.3) is 11.1 Å². The predicted octanol–water partition coefficient (Wildman–Crippen LogP) is 9.27. The summed E-state index contributed by atoms with van der Waals surface area (Å²) >= 11 is 12.0. The molecule has 75 heavy (non-hydrogen) atoms. The van der Waals surface area contributed by atoms with Crippen molar-refractivity contribution in [3.05, 3.63) is 182 Å². The number of halogens is 10. The van der Waals surface area contributed by atoms with Gasteiger partial charge in [0.1, 0.15) is 34.8 Å². The van der Waals surface area contributed by atoms with Crippen LogP contribution in [-0.2, 0) is 53.1 Å². The van der Waals surface area contributed by atoms with Crippen LogP contribution in [0.15, 0.2) is 104 Å². The van der Waals surface area contributed by atoms with Crippen molar-refractivity contribution in [1.29, 1.82) is 0 Å². The molecule has 8 rings (SSSR count). The number of hydrogen-bond acceptors (Lipinski definition) is 9. The number of aromatic nitrogens is 8. The lowest BCUT2D eigenvalue weighted by Gasteiger charge is -2.13. The first-order valence-corrected chi connectivity index (χ1v) is 23.3. The van der Waals surface area contributed by atoms with Gasteiger partial charge >= 0.3 is 24.1 Å². The lowest BCUT2D eigenvalue weighted by Crippen LogP contribution is -2.40. The van der Waals surface area contributed by atoms with E-state index >= 15 is 0 Å². The van der Waals surface area contributed by atoms with E-state index in [9.17, 15) is 59.4 Å². The Morgan fingerprint density at radius 2 is 0.947 bits per heavy atom. The fourth-order valence-electron chi connectivity index (χ4n) is 8.04. The van der Waals surface area contributed by atoms with Crippen LogP contribution in [0, 0.1) is 11.6 Å². The molecule has 1 N–H and O–H groups in total. The van der Waals surface area contributed by atoms with Crippen LogP contribution in [-0.4, -0.2) is 61.8 Å². The number of hydrogen-bond donors (Lipinski definition) is 1. The van der Waals surface area contributed by atoms with Gasteiger partial charge < -0.3 is 23.7 Å². The van der Waals surface area contributed by atoms with Crippen LogP contribution in [0.25, 0.3) is 22.3 Å². The van der Waals surface area contributed by atoms with Gasteiger partial charge in [0, 0.05) is 69.8 Å². The topological polar surface area (TPSA) is 162 Å². The zero-order chi connectivity index (χ0) is 53.8. The highest BCUT2D eigenvalue weighted by atomic mass is 35.5. The van der Waals surface area contributed by atoms with Crippen molar-refractivity contribution in [2.75, 3.05) is 6.61 Å². The second-order valence-electron chi connectivity index (χ2n) is 16.8. The maximum Gasteiger partial charge on any atom is 0.573 e. The van der Waals surface area contributed by atoms with Crippen LogP contribution in [0.2, 0.25) is 10.0 Å². The van der Waals surface area contributed by atoms with Gasteiger partial charge in [0.2, 0.25) is 0 Å². The number of imidazole rings is 2. The third-order valence-electron chi connectivity index (χ3n) is 11.6. The third-order valence-corrected chi connectivity index (χ3v) is 12.1. The zero-order valence-corrected chi connectivity index (χ0v) is 40.9. The number of aryl methyl sites for hydroxylation is 2. The fourth-order valence-corrected chi connectivity index (χ4v) is 8.29. The van der Waals surface area contributed by atoms with Crippen molar-refractivity contribution < 1.29 is 49.7 Å². The molecule has 0 aliphatic heterocycles. The molecule has 0 fully saturated rings. The molecule has 8 aromatic rings. The van der Waals surface area contributed by atoms with Crippen LogP contribution < -0.4 is 32.0 Å². The second kappa shape index (κ2) is 23.5. The van der Waals surface area contributed by atoms with Crippen LogP contribution in [0.4, 0.5) is 35.1 Å². The van der Waals surface area contributed by atoms with E-state index in [0.29, 0.717) is 22.0 Å². The van der Waals surface area contributed by atoms with Crippen molar-refractivity contribution in [3.8, 4) is 11.5 Å². The van der Waals surface area contributed by atoms with Gasteiger partial charge in [0.05, 0.1) is 0 Å². The maximum atomic E-state index is 14.7. The van der Waals surface area contributed by atoms with Crippen LogP contribution in [0.5, 0.6) is 11.5 Å². The predicted molar refractivity (Wildman–Crippen MR) is 265 cm³/mol. The number of unbranched alkanes of at least 4 members (excludes halogenated alkanes) is 1. The summed E-state index contributed by atoms with van der Waals surface area (Å²) in [5.74, 6) is -2.43. The van der Waals surface area contributed by atoms with Crippen LogP contribution in [0.3, 0.4) is 0 Å². The molecule has 0 amide bonds. The summed E-state index contributed by atoms with van der Waals surface area (Å²) in [6, 6.07) is 18.8. The lowest BCUT2D eigenvalue weighted by molar-refractivity contribution is -0.275. The minimum atomic E-state index is -4.96. The van der Waals surface area contributed by atoms with Gasteiger partial charge in [-0.2, -0.15) is 0 Å². The summed E-state index contributed by atoms with van der Waals surface area (Å²) in [7, 11) is 2.90. The summed E-state index contributed by atoms with van der Waals surface area (Å²) in [5.41, 5.74) is -0.923. The van der Waals surface area contributed by atoms with E-state index in [1.807, 2.05) is 6.92 Å².